The average molecular weight is 241 g/mol. The molecule has 2 N–H and O–H groups in total. The first-order chi connectivity index (χ1) is 7.84. The van der Waals surface area contributed by atoms with Crippen molar-refractivity contribution in [3.05, 3.63) is 35.9 Å². The number of aromatic nitrogens is 4. The molecule has 0 amide bonds. The molecule has 2 aromatic rings. The summed E-state index contributed by atoms with van der Waals surface area (Å²) in [6.45, 7) is 0.357. The van der Waals surface area contributed by atoms with Crippen molar-refractivity contribution in [1.82, 2.24) is 20.4 Å². The van der Waals surface area contributed by atoms with Gasteiger partial charge in [-0.05, 0) is 12.1 Å². The van der Waals surface area contributed by atoms with Gasteiger partial charge in [-0.1, -0.05) is 0 Å². The zero-order valence-electron chi connectivity index (χ0n) is 8.29. The third kappa shape index (κ3) is 3.23. The smallest absolute Gasteiger partial charge is 0.280 e. The predicted octanol–water partition coefficient (Wildman–Crippen LogP) is 1.52. The van der Waals surface area contributed by atoms with Gasteiger partial charge in [-0.3, -0.25) is 10.2 Å². The fourth-order valence-corrected chi connectivity index (χ4v) is 1.58. The van der Waals surface area contributed by atoms with Crippen LogP contribution in [0.5, 0.6) is 0 Å². The maximum absolute atomic E-state index is 11.3. The van der Waals surface area contributed by atoms with Gasteiger partial charge in [0, 0.05) is 17.0 Å². The Morgan fingerprint density at radius 3 is 1.94 bits per heavy atom. The molecule has 2 heterocycles. The van der Waals surface area contributed by atoms with Crippen molar-refractivity contribution in [3.8, 4) is 0 Å². The van der Waals surface area contributed by atoms with Crippen molar-refractivity contribution in [1.29, 1.82) is 0 Å². The fourth-order valence-electron chi connectivity index (χ4n) is 1.01. The van der Waals surface area contributed by atoms with Gasteiger partial charge in [0.1, 0.15) is 13.2 Å². The highest BCUT2D eigenvalue weighted by Crippen LogP contribution is 2.26. The van der Waals surface area contributed by atoms with Gasteiger partial charge in [-0.15, -0.1) is 9.05 Å². The molecule has 0 atom stereocenters. The number of rotatable bonds is 6. The summed E-state index contributed by atoms with van der Waals surface area (Å²) in [6.07, 6.45) is 3.19. The highest BCUT2D eigenvalue weighted by molar-refractivity contribution is 7.33. The molecule has 2 aromatic heterocycles. The molecule has 0 aliphatic rings. The third-order valence-electron chi connectivity index (χ3n) is 1.77. The van der Waals surface area contributed by atoms with Crippen molar-refractivity contribution >= 4 is 8.25 Å². The van der Waals surface area contributed by atoms with Crippen LogP contribution >= 0.6 is 8.25 Å². The number of hydrogen-bond acceptors (Lipinski definition) is 5. The lowest BCUT2D eigenvalue weighted by molar-refractivity contribution is 0.209. The molecule has 0 aliphatic carbocycles. The summed E-state index contributed by atoms with van der Waals surface area (Å²) in [6, 6.07) is 3.47. The minimum atomic E-state index is -2.14. The molecule has 0 unspecified atom stereocenters. The molecule has 84 valence electrons. The SMILES string of the molecule is O=[P+](OCc1ccn[nH]1)OCc1ccn[nH]1. The number of aromatic amines is 2. The lowest BCUT2D eigenvalue weighted by Gasteiger charge is -1.89. The van der Waals surface area contributed by atoms with Crippen molar-refractivity contribution in [3.63, 3.8) is 0 Å². The van der Waals surface area contributed by atoms with Crippen LogP contribution in [0.25, 0.3) is 0 Å². The zero-order valence-corrected chi connectivity index (χ0v) is 9.18. The molecule has 8 heteroatoms. The molecule has 0 saturated carbocycles. The van der Waals surface area contributed by atoms with Crippen LogP contribution in [0, 0.1) is 0 Å². The molecule has 0 bridgehead atoms. The number of nitrogens with one attached hydrogen (secondary N) is 2. The Morgan fingerprint density at radius 2 is 1.56 bits per heavy atom. The molecule has 0 radical (unpaired) electrons. The van der Waals surface area contributed by atoms with E-state index in [4.69, 9.17) is 9.05 Å². The van der Waals surface area contributed by atoms with Gasteiger partial charge in [-0.2, -0.15) is 10.2 Å². The summed E-state index contributed by atoms with van der Waals surface area (Å²) in [4.78, 5) is 0. The van der Waals surface area contributed by atoms with E-state index in [1.165, 1.54) is 0 Å². The maximum Gasteiger partial charge on any atom is 0.698 e. The van der Waals surface area contributed by atoms with Crippen LogP contribution in [0.4, 0.5) is 0 Å². The van der Waals surface area contributed by atoms with Crippen LogP contribution < -0.4 is 0 Å². The summed E-state index contributed by atoms with van der Waals surface area (Å²) in [5.74, 6) is 0. The summed E-state index contributed by atoms with van der Waals surface area (Å²) in [7, 11) is -2.14. The minimum Gasteiger partial charge on any atom is -0.280 e. The van der Waals surface area contributed by atoms with Gasteiger partial charge in [0.05, 0.1) is 11.4 Å². The molecule has 2 rings (SSSR count). The second-order valence-electron chi connectivity index (χ2n) is 2.93. The van der Waals surface area contributed by atoms with E-state index >= 15 is 0 Å². The summed E-state index contributed by atoms with van der Waals surface area (Å²) >= 11 is 0. The monoisotopic (exact) mass is 241 g/mol. The molecule has 0 aromatic carbocycles. The van der Waals surface area contributed by atoms with Gasteiger partial charge in [0.25, 0.3) is 0 Å². The standard InChI is InChI=1S/C8H10N4O3P/c13-16(14-5-7-1-3-9-11-7)15-6-8-2-4-10-12-8/h1-4H,5-6H2,(H,9,11)(H,10,12)/q+1. The normalized spacial score (nSPS) is 10.5. The van der Waals surface area contributed by atoms with Gasteiger partial charge in [0.15, 0.2) is 0 Å². The van der Waals surface area contributed by atoms with E-state index in [2.05, 4.69) is 20.4 Å². The van der Waals surface area contributed by atoms with Gasteiger partial charge in [0.2, 0.25) is 0 Å². The Morgan fingerprint density at radius 1 is 1.06 bits per heavy atom. The van der Waals surface area contributed by atoms with Crippen LogP contribution in [0.2, 0.25) is 0 Å². The van der Waals surface area contributed by atoms with Crippen LogP contribution in [-0.2, 0) is 26.8 Å². The molecule has 0 aliphatic heterocycles. The number of H-pyrrole nitrogens is 2. The first-order valence-corrected chi connectivity index (χ1v) is 5.64. The topological polar surface area (TPSA) is 92.9 Å². The molecule has 7 nitrogen and oxygen atoms in total. The number of nitrogens with zero attached hydrogens (tertiary/aromatic N) is 2. The molecule has 0 saturated heterocycles. The van der Waals surface area contributed by atoms with Gasteiger partial charge < -0.3 is 0 Å². The van der Waals surface area contributed by atoms with Crippen LogP contribution in [0.3, 0.4) is 0 Å². The summed E-state index contributed by atoms with van der Waals surface area (Å²) in [5, 5.41) is 12.8. The Labute approximate surface area is 92.1 Å². The Kier molecular flexibility index (Phi) is 3.76. The second-order valence-corrected chi connectivity index (χ2v) is 3.90. The van der Waals surface area contributed by atoms with E-state index in [0.717, 1.165) is 11.4 Å². The molecular formula is C8H10N4O3P+. The van der Waals surface area contributed by atoms with Crippen molar-refractivity contribution in [2.24, 2.45) is 0 Å². The lowest BCUT2D eigenvalue weighted by atomic mass is 10.5. The molecule has 0 spiro atoms. The average Bonchev–Trinajstić information content (AvgIpc) is 2.96. The first kappa shape index (κ1) is 10.9. The predicted molar refractivity (Wildman–Crippen MR) is 54.4 cm³/mol. The zero-order chi connectivity index (χ0) is 11.2. The maximum atomic E-state index is 11.3. The van der Waals surface area contributed by atoms with E-state index in [1.54, 1.807) is 24.5 Å². The van der Waals surface area contributed by atoms with Crippen LogP contribution in [0.15, 0.2) is 24.5 Å². The Bertz CT molecular complexity index is 388. The van der Waals surface area contributed by atoms with Gasteiger partial charge >= 0.3 is 8.25 Å². The quantitative estimate of drug-likeness (QED) is 0.748. The fraction of sp³-hybridized carbons (Fsp3) is 0.250. The third-order valence-corrected chi connectivity index (χ3v) is 2.45. The molecular weight excluding hydrogens is 231 g/mol. The van der Waals surface area contributed by atoms with Crippen molar-refractivity contribution in [2.75, 3.05) is 0 Å². The highest BCUT2D eigenvalue weighted by atomic mass is 31.1. The first-order valence-electron chi connectivity index (χ1n) is 4.54. The highest BCUT2D eigenvalue weighted by Gasteiger charge is 2.21. The van der Waals surface area contributed by atoms with E-state index in [9.17, 15) is 4.57 Å². The van der Waals surface area contributed by atoms with Crippen LogP contribution in [0.1, 0.15) is 11.4 Å². The van der Waals surface area contributed by atoms with E-state index in [1.807, 2.05) is 0 Å². The lowest BCUT2D eigenvalue weighted by Crippen LogP contribution is -1.90. The molecule has 16 heavy (non-hydrogen) atoms. The summed E-state index contributed by atoms with van der Waals surface area (Å²) in [5.41, 5.74) is 1.49. The van der Waals surface area contributed by atoms with Crippen molar-refractivity contribution in [2.45, 2.75) is 13.2 Å². The largest absolute Gasteiger partial charge is 0.698 e. The van der Waals surface area contributed by atoms with Crippen LogP contribution in [-0.4, -0.2) is 20.4 Å². The Hall–Kier alpha value is -1.56. The Balaban J connectivity index is 1.69. The van der Waals surface area contributed by atoms with Gasteiger partial charge in [-0.25, -0.2) is 0 Å². The number of hydrogen-bond donors (Lipinski definition) is 2. The molecule has 0 fully saturated rings. The second kappa shape index (κ2) is 5.50. The minimum absolute atomic E-state index is 0.179. The van der Waals surface area contributed by atoms with E-state index in [-0.39, 0.29) is 13.2 Å². The van der Waals surface area contributed by atoms with Crippen molar-refractivity contribution < 1.29 is 13.6 Å². The summed E-state index contributed by atoms with van der Waals surface area (Å²) < 4.78 is 21.2. The van der Waals surface area contributed by atoms with E-state index in [0.29, 0.717) is 0 Å². The van der Waals surface area contributed by atoms with E-state index < -0.39 is 8.25 Å².